The van der Waals surface area contributed by atoms with Crippen LogP contribution in [0.3, 0.4) is 0 Å². The van der Waals surface area contributed by atoms with E-state index in [1.165, 1.54) is 0 Å². The van der Waals surface area contributed by atoms with Crippen molar-refractivity contribution in [3.63, 3.8) is 0 Å². The third-order valence-corrected chi connectivity index (χ3v) is 6.19. The van der Waals surface area contributed by atoms with E-state index >= 15 is 0 Å². The zero-order chi connectivity index (χ0) is 16.2. The Hall–Kier alpha value is -0.300. The fourth-order valence-corrected chi connectivity index (χ4v) is 4.27. The van der Waals surface area contributed by atoms with Crippen molar-refractivity contribution in [1.82, 2.24) is 0 Å². The third-order valence-electron chi connectivity index (χ3n) is 6.19. The molecule has 0 aliphatic heterocycles. The Morgan fingerprint density at radius 2 is 1.25 bits per heavy atom. The molecular formula is C19H36O. The molecule has 0 aromatic heterocycles. The largest absolute Gasteiger partial charge is 0.388 e. The second-order valence-electron chi connectivity index (χ2n) is 10.1. The van der Waals surface area contributed by atoms with E-state index in [2.05, 4.69) is 81.4 Å². The van der Waals surface area contributed by atoms with E-state index in [1.54, 1.807) is 0 Å². The lowest BCUT2D eigenvalue weighted by atomic mass is 9.43. The lowest BCUT2D eigenvalue weighted by molar-refractivity contribution is -0.150. The number of rotatable bonds is 0. The van der Waals surface area contributed by atoms with Crippen molar-refractivity contribution in [3.05, 3.63) is 12.2 Å². The summed E-state index contributed by atoms with van der Waals surface area (Å²) in [7, 11) is 0. The Balaban J connectivity index is 3.52. The maximum absolute atomic E-state index is 10.9. The molecule has 0 saturated heterocycles. The molecule has 2 atom stereocenters. The quantitative estimate of drug-likeness (QED) is 0.586. The molecule has 2 unspecified atom stereocenters. The maximum Gasteiger partial charge on any atom is 0.0787 e. The van der Waals surface area contributed by atoms with Crippen LogP contribution in [-0.4, -0.2) is 11.2 Å². The molecular weight excluding hydrogens is 244 g/mol. The average molecular weight is 280 g/mol. The van der Waals surface area contributed by atoms with Gasteiger partial charge in [0.2, 0.25) is 0 Å². The minimum absolute atomic E-state index is 0.0436. The van der Waals surface area contributed by atoms with Gasteiger partial charge in [0.1, 0.15) is 0 Å². The Morgan fingerprint density at radius 3 is 1.55 bits per heavy atom. The van der Waals surface area contributed by atoms with Crippen molar-refractivity contribution in [2.24, 2.45) is 27.1 Å². The van der Waals surface area contributed by atoms with Gasteiger partial charge in [0.15, 0.2) is 0 Å². The van der Waals surface area contributed by atoms with E-state index in [9.17, 15) is 5.11 Å². The van der Waals surface area contributed by atoms with Gasteiger partial charge in [-0.2, -0.15) is 0 Å². The highest BCUT2D eigenvalue weighted by atomic mass is 16.3. The molecule has 1 aliphatic rings. The summed E-state index contributed by atoms with van der Waals surface area (Å²) in [4.78, 5) is 0. The van der Waals surface area contributed by atoms with Gasteiger partial charge >= 0.3 is 0 Å². The standard InChI is InChI=1S/C19H36O/c1-15(2,3)18(10)12-11-14(20)19(13-18,16(4,5)6)17(7,8)9/h11-12,14,20H,13H2,1-10H3. The minimum atomic E-state index is -0.377. The molecule has 0 bridgehead atoms. The first-order valence-electron chi connectivity index (χ1n) is 7.96. The van der Waals surface area contributed by atoms with Gasteiger partial charge in [-0.15, -0.1) is 0 Å². The van der Waals surface area contributed by atoms with Crippen LogP contribution in [0.5, 0.6) is 0 Å². The number of aliphatic hydroxyl groups is 1. The van der Waals surface area contributed by atoms with E-state index in [0.717, 1.165) is 6.42 Å². The Morgan fingerprint density at radius 1 is 0.850 bits per heavy atom. The maximum atomic E-state index is 10.9. The van der Waals surface area contributed by atoms with Crippen LogP contribution < -0.4 is 0 Å². The summed E-state index contributed by atoms with van der Waals surface area (Å²) in [5.41, 5.74) is 0.249. The normalized spacial score (nSPS) is 31.4. The monoisotopic (exact) mass is 280 g/mol. The number of allylic oxidation sites excluding steroid dienone is 1. The van der Waals surface area contributed by atoms with Crippen molar-refractivity contribution in [1.29, 1.82) is 0 Å². The SMILES string of the molecule is CC(C)(C)C1(C)C=CC(O)C(C(C)(C)C)(C(C)(C)C)C1. The lowest BCUT2D eigenvalue weighted by Crippen LogP contribution is -2.59. The highest BCUT2D eigenvalue weighted by Gasteiger charge is 2.59. The van der Waals surface area contributed by atoms with Gasteiger partial charge in [0, 0.05) is 5.41 Å². The summed E-state index contributed by atoms with van der Waals surface area (Å²) >= 11 is 0. The molecule has 1 aliphatic carbocycles. The molecule has 0 heterocycles. The molecule has 0 radical (unpaired) electrons. The van der Waals surface area contributed by atoms with Gasteiger partial charge in [-0.05, 0) is 28.1 Å². The van der Waals surface area contributed by atoms with Crippen LogP contribution >= 0.6 is 0 Å². The summed E-state index contributed by atoms with van der Waals surface area (Å²) in [6.45, 7) is 23.0. The van der Waals surface area contributed by atoms with Crippen LogP contribution in [0.15, 0.2) is 12.2 Å². The number of hydrogen-bond acceptors (Lipinski definition) is 1. The summed E-state index contributed by atoms with van der Waals surface area (Å²) in [5, 5.41) is 10.9. The van der Waals surface area contributed by atoms with Crippen LogP contribution in [0.1, 0.15) is 75.7 Å². The molecule has 0 spiro atoms. The van der Waals surface area contributed by atoms with Gasteiger partial charge in [-0.3, -0.25) is 0 Å². The lowest BCUT2D eigenvalue weighted by Gasteiger charge is -2.62. The Labute approximate surface area is 126 Å². The van der Waals surface area contributed by atoms with Crippen molar-refractivity contribution in [2.75, 3.05) is 0 Å². The summed E-state index contributed by atoms with van der Waals surface area (Å²) < 4.78 is 0. The molecule has 1 nitrogen and oxygen atoms in total. The molecule has 1 N–H and O–H groups in total. The second-order valence-corrected chi connectivity index (χ2v) is 10.1. The zero-order valence-corrected chi connectivity index (χ0v) is 15.4. The molecule has 1 heteroatoms. The van der Waals surface area contributed by atoms with Crippen LogP contribution in [-0.2, 0) is 0 Å². The highest BCUT2D eigenvalue weighted by Crippen LogP contribution is 2.64. The first-order chi connectivity index (χ1) is 8.58. The molecule has 20 heavy (non-hydrogen) atoms. The van der Waals surface area contributed by atoms with Crippen molar-refractivity contribution < 1.29 is 5.11 Å². The summed E-state index contributed by atoms with van der Waals surface area (Å²) in [6, 6.07) is 0. The molecule has 0 fully saturated rings. The molecule has 118 valence electrons. The number of hydrogen-bond donors (Lipinski definition) is 1. The first kappa shape index (κ1) is 17.8. The van der Waals surface area contributed by atoms with E-state index in [0.29, 0.717) is 0 Å². The van der Waals surface area contributed by atoms with Crippen LogP contribution in [0, 0.1) is 27.1 Å². The highest BCUT2D eigenvalue weighted by molar-refractivity contribution is 5.21. The van der Waals surface area contributed by atoms with Crippen LogP contribution in [0.4, 0.5) is 0 Å². The van der Waals surface area contributed by atoms with Gasteiger partial charge in [0.05, 0.1) is 6.10 Å². The second kappa shape index (κ2) is 4.60. The molecule has 0 saturated carbocycles. The van der Waals surface area contributed by atoms with Crippen molar-refractivity contribution in [3.8, 4) is 0 Å². The number of aliphatic hydroxyl groups excluding tert-OH is 1. The summed E-state index contributed by atoms with van der Waals surface area (Å²) in [6.07, 6.45) is 4.96. The predicted octanol–water partition coefficient (Wildman–Crippen LogP) is 5.44. The minimum Gasteiger partial charge on any atom is -0.388 e. The zero-order valence-electron chi connectivity index (χ0n) is 15.4. The average Bonchev–Trinajstić information content (AvgIpc) is 2.16. The fourth-order valence-electron chi connectivity index (χ4n) is 4.27. The smallest absolute Gasteiger partial charge is 0.0787 e. The van der Waals surface area contributed by atoms with Crippen LogP contribution in [0.25, 0.3) is 0 Å². The van der Waals surface area contributed by atoms with Gasteiger partial charge in [-0.1, -0.05) is 81.4 Å². The molecule has 0 aromatic rings. The summed E-state index contributed by atoms with van der Waals surface area (Å²) in [5.74, 6) is 0. The fraction of sp³-hybridized carbons (Fsp3) is 0.895. The Kier molecular flexibility index (Phi) is 4.08. The van der Waals surface area contributed by atoms with Crippen molar-refractivity contribution >= 4 is 0 Å². The van der Waals surface area contributed by atoms with Gasteiger partial charge in [-0.25, -0.2) is 0 Å². The van der Waals surface area contributed by atoms with Crippen LogP contribution in [0.2, 0.25) is 0 Å². The van der Waals surface area contributed by atoms with E-state index < -0.39 is 0 Å². The predicted molar refractivity (Wildman–Crippen MR) is 88.7 cm³/mol. The molecule has 0 amide bonds. The molecule has 1 rings (SSSR count). The van der Waals surface area contributed by atoms with Gasteiger partial charge in [0.25, 0.3) is 0 Å². The third kappa shape index (κ3) is 2.47. The van der Waals surface area contributed by atoms with E-state index in [-0.39, 0.29) is 33.2 Å². The van der Waals surface area contributed by atoms with E-state index in [1.807, 2.05) is 0 Å². The Bertz CT molecular complexity index is 369. The van der Waals surface area contributed by atoms with Gasteiger partial charge < -0.3 is 5.11 Å². The first-order valence-corrected chi connectivity index (χ1v) is 7.96. The molecule has 0 aromatic carbocycles. The van der Waals surface area contributed by atoms with Crippen molar-refractivity contribution in [2.45, 2.75) is 81.8 Å². The van der Waals surface area contributed by atoms with E-state index in [4.69, 9.17) is 0 Å². The topological polar surface area (TPSA) is 20.2 Å².